The molecule has 0 radical (unpaired) electrons. The van der Waals surface area contributed by atoms with Crippen LogP contribution in [0.2, 0.25) is 0 Å². The van der Waals surface area contributed by atoms with Gasteiger partial charge in [-0.3, -0.25) is 14.5 Å². The predicted octanol–water partition coefficient (Wildman–Crippen LogP) is -2.06. The Balaban J connectivity index is 2.14. The summed E-state index contributed by atoms with van der Waals surface area (Å²) in [5.74, 6) is -1.91. The number of carboxylic acid groups (broad SMARTS) is 1. The number of hydrogen-bond donors (Lipinski definition) is 3. The molecule has 0 aromatic heterocycles. The Bertz CT molecular complexity index is 419. The first-order valence-corrected chi connectivity index (χ1v) is 4.94. The summed E-state index contributed by atoms with van der Waals surface area (Å²) in [5.41, 5.74) is 5.08. The van der Waals surface area contributed by atoms with Crippen LogP contribution in [0.5, 0.6) is 0 Å². The Labute approximate surface area is 96.0 Å². The Kier molecular flexibility index (Phi) is 2.72. The number of amides is 2. The zero-order valence-corrected chi connectivity index (χ0v) is 8.75. The molecule has 2 rings (SSSR count). The number of nitrogens with zero attached hydrogens (tertiary/aromatic N) is 1. The van der Waals surface area contributed by atoms with Crippen LogP contribution in [0, 0.1) is 0 Å². The molecule has 8 nitrogen and oxygen atoms in total. The maximum atomic E-state index is 11.2. The van der Waals surface area contributed by atoms with E-state index in [-0.39, 0.29) is 24.6 Å². The molecule has 2 heterocycles. The van der Waals surface area contributed by atoms with Crippen LogP contribution in [0.15, 0.2) is 12.0 Å². The van der Waals surface area contributed by atoms with E-state index in [1.165, 1.54) is 0 Å². The molecule has 0 spiro atoms. The van der Waals surface area contributed by atoms with Crippen LogP contribution in [-0.2, 0) is 19.1 Å². The standard InChI is InChI=1S/C9H11N3O5/c10-2-5(13)11-3-4-8(9(15)16)12-6(14)1-7(12)17-4/h3,7-8H,1-2,10H2,(H,11,13)(H,15,16)/b4-3-/t7-,8-/m0/s1. The van der Waals surface area contributed by atoms with Crippen LogP contribution in [-0.4, -0.2) is 46.6 Å². The molecule has 0 aromatic rings. The average molecular weight is 241 g/mol. The van der Waals surface area contributed by atoms with Gasteiger partial charge in [-0.1, -0.05) is 0 Å². The molecule has 92 valence electrons. The monoisotopic (exact) mass is 241 g/mol. The molecule has 2 fully saturated rings. The molecule has 0 aliphatic carbocycles. The first kappa shape index (κ1) is 11.4. The number of nitrogens with two attached hydrogens (primary N) is 1. The fourth-order valence-corrected chi connectivity index (χ4v) is 1.73. The van der Waals surface area contributed by atoms with Crippen molar-refractivity contribution in [1.29, 1.82) is 0 Å². The summed E-state index contributed by atoms with van der Waals surface area (Å²) >= 11 is 0. The van der Waals surface area contributed by atoms with Crippen molar-refractivity contribution in [2.45, 2.75) is 18.7 Å². The van der Waals surface area contributed by atoms with Gasteiger partial charge in [-0.05, 0) is 0 Å². The van der Waals surface area contributed by atoms with Crippen LogP contribution in [0.4, 0.5) is 0 Å². The highest BCUT2D eigenvalue weighted by atomic mass is 16.5. The molecule has 2 atom stereocenters. The van der Waals surface area contributed by atoms with Gasteiger partial charge in [-0.15, -0.1) is 0 Å². The van der Waals surface area contributed by atoms with E-state index in [9.17, 15) is 14.4 Å². The third kappa shape index (κ3) is 1.82. The van der Waals surface area contributed by atoms with Crippen LogP contribution >= 0.6 is 0 Å². The van der Waals surface area contributed by atoms with Gasteiger partial charge in [-0.2, -0.15) is 0 Å². The molecule has 0 unspecified atom stereocenters. The lowest BCUT2D eigenvalue weighted by Gasteiger charge is -2.33. The zero-order chi connectivity index (χ0) is 12.6. The van der Waals surface area contributed by atoms with Gasteiger partial charge >= 0.3 is 5.97 Å². The summed E-state index contributed by atoms with van der Waals surface area (Å²) in [6.45, 7) is -0.215. The minimum absolute atomic E-state index is 0.0372. The number of hydrogen-bond acceptors (Lipinski definition) is 5. The second-order valence-corrected chi connectivity index (χ2v) is 3.64. The van der Waals surface area contributed by atoms with Gasteiger partial charge in [0.2, 0.25) is 11.8 Å². The first-order chi connectivity index (χ1) is 8.04. The molecular formula is C9H11N3O5. The van der Waals surface area contributed by atoms with Crippen molar-refractivity contribution in [2.24, 2.45) is 5.73 Å². The SMILES string of the molecule is NCC(=O)N/C=C1\O[C@H]2CC(=O)N2[C@@H]1C(=O)O. The van der Waals surface area contributed by atoms with Gasteiger partial charge in [0, 0.05) is 6.20 Å². The second-order valence-electron chi connectivity index (χ2n) is 3.64. The van der Waals surface area contributed by atoms with Crippen molar-refractivity contribution in [3.8, 4) is 0 Å². The number of carbonyl (C=O) groups is 3. The minimum Gasteiger partial charge on any atom is -0.479 e. The van der Waals surface area contributed by atoms with Gasteiger partial charge < -0.3 is 20.9 Å². The molecular weight excluding hydrogens is 230 g/mol. The van der Waals surface area contributed by atoms with E-state index < -0.39 is 24.1 Å². The van der Waals surface area contributed by atoms with Gasteiger partial charge in [0.25, 0.3) is 0 Å². The topological polar surface area (TPSA) is 122 Å². The molecule has 2 aliphatic heterocycles. The van der Waals surface area contributed by atoms with Crippen LogP contribution in [0.25, 0.3) is 0 Å². The number of aliphatic carboxylic acids is 1. The van der Waals surface area contributed by atoms with Crippen molar-refractivity contribution in [2.75, 3.05) is 6.54 Å². The van der Waals surface area contributed by atoms with E-state index >= 15 is 0 Å². The third-order valence-corrected chi connectivity index (χ3v) is 2.56. The first-order valence-electron chi connectivity index (χ1n) is 4.94. The Hall–Kier alpha value is -2.09. The number of carbonyl (C=O) groups excluding carboxylic acids is 2. The maximum absolute atomic E-state index is 11.2. The van der Waals surface area contributed by atoms with Gasteiger partial charge in [0.15, 0.2) is 12.3 Å². The summed E-state index contributed by atoms with van der Waals surface area (Å²) < 4.78 is 5.23. The zero-order valence-electron chi connectivity index (χ0n) is 8.75. The molecule has 4 N–H and O–H groups in total. The van der Waals surface area contributed by atoms with E-state index in [1.807, 2.05) is 0 Å². The number of fused-ring (bicyclic) bond motifs is 1. The lowest BCUT2D eigenvalue weighted by atomic mass is 10.1. The van der Waals surface area contributed by atoms with E-state index in [2.05, 4.69) is 5.32 Å². The molecule has 2 amide bonds. The maximum Gasteiger partial charge on any atom is 0.334 e. The average Bonchev–Trinajstić information content (AvgIpc) is 2.58. The number of nitrogens with one attached hydrogen (secondary N) is 1. The van der Waals surface area contributed by atoms with Gasteiger partial charge in [0.05, 0.1) is 13.0 Å². The molecule has 2 aliphatic rings. The van der Waals surface area contributed by atoms with Crippen molar-refractivity contribution in [3.05, 3.63) is 12.0 Å². The van der Waals surface area contributed by atoms with Crippen LogP contribution < -0.4 is 11.1 Å². The van der Waals surface area contributed by atoms with Crippen molar-refractivity contribution >= 4 is 17.8 Å². The summed E-state index contributed by atoms with van der Waals surface area (Å²) in [6, 6.07) is -1.17. The normalized spacial score (nSPS) is 28.4. The van der Waals surface area contributed by atoms with Gasteiger partial charge in [0.1, 0.15) is 5.76 Å². The van der Waals surface area contributed by atoms with Crippen molar-refractivity contribution in [3.63, 3.8) is 0 Å². The molecule has 0 bridgehead atoms. The van der Waals surface area contributed by atoms with Crippen molar-refractivity contribution in [1.82, 2.24) is 10.2 Å². The lowest BCUT2D eigenvalue weighted by molar-refractivity contribution is -0.163. The van der Waals surface area contributed by atoms with E-state index in [4.69, 9.17) is 15.6 Å². The fraction of sp³-hybridized carbons (Fsp3) is 0.444. The van der Waals surface area contributed by atoms with Gasteiger partial charge in [-0.25, -0.2) is 4.79 Å². The number of rotatable bonds is 3. The summed E-state index contributed by atoms with van der Waals surface area (Å²) in [7, 11) is 0. The van der Waals surface area contributed by atoms with E-state index in [0.717, 1.165) is 11.1 Å². The van der Waals surface area contributed by atoms with Crippen LogP contribution in [0.1, 0.15) is 6.42 Å². The lowest BCUT2D eigenvalue weighted by Crippen LogP contribution is -2.54. The predicted molar refractivity (Wildman–Crippen MR) is 53.0 cm³/mol. The number of β-lactam (4-membered cyclic amide) rings is 1. The highest BCUT2D eigenvalue weighted by Gasteiger charge is 2.53. The van der Waals surface area contributed by atoms with Crippen molar-refractivity contribution < 1.29 is 24.2 Å². The Morgan fingerprint density at radius 2 is 2.35 bits per heavy atom. The van der Waals surface area contributed by atoms with E-state index in [0.29, 0.717) is 0 Å². The quantitative estimate of drug-likeness (QED) is 0.488. The third-order valence-electron chi connectivity index (χ3n) is 2.56. The smallest absolute Gasteiger partial charge is 0.334 e. The molecule has 2 saturated heterocycles. The highest BCUT2D eigenvalue weighted by Crippen LogP contribution is 2.35. The summed E-state index contributed by atoms with van der Waals surface area (Å²) in [6.07, 6.45) is 0.760. The summed E-state index contributed by atoms with van der Waals surface area (Å²) in [5, 5.41) is 11.3. The largest absolute Gasteiger partial charge is 0.479 e. The molecule has 0 saturated carbocycles. The number of ether oxygens (including phenoxy) is 1. The second kappa shape index (κ2) is 4.06. The summed E-state index contributed by atoms with van der Waals surface area (Å²) in [4.78, 5) is 34.3. The Morgan fingerprint density at radius 3 is 2.88 bits per heavy atom. The highest BCUT2D eigenvalue weighted by molar-refractivity contribution is 5.91. The molecule has 8 heteroatoms. The minimum atomic E-state index is -1.20. The molecule has 0 aromatic carbocycles. The Morgan fingerprint density at radius 1 is 1.65 bits per heavy atom. The van der Waals surface area contributed by atoms with Crippen LogP contribution in [0.3, 0.4) is 0 Å². The number of carboxylic acids is 1. The molecule has 17 heavy (non-hydrogen) atoms. The fourth-order valence-electron chi connectivity index (χ4n) is 1.73. The van der Waals surface area contributed by atoms with E-state index in [1.54, 1.807) is 0 Å².